The zero-order chi connectivity index (χ0) is 13.4. The van der Waals surface area contributed by atoms with Crippen molar-refractivity contribution in [3.05, 3.63) is 29.3 Å². The van der Waals surface area contributed by atoms with Gasteiger partial charge in [-0.1, -0.05) is 39.7 Å². The highest BCUT2D eigenvalue weighted by molar-refractivity contribution is 5.43. The summed E-state index contributed by atoms with van der Waals surface area (Å²) in [6.07, 6.45) is 5.37. The average molecular weight is 247 g/mol. The van der Waals surface area contributed by atoms with E-state index < -0.39 is 0 Å². The molecule has 100 valence electrons. The molecule has 0 radical (unpaired) electrons. The first-order valence-corrected chi connectivity index (χ1v) is 7.02. The number of phenolic OH excluding ortho intramolecular Hbond substituents is 1. The predicted octanol–water partition coefficient (Wildman–Crippen LogP) is 3.81. The molecule has 0 aromatic heterocycles. The predicted molar refractivity (Wildman–Crippen MR) is 75.8 cm³/mol. The molecule has 0 amide bonds. The van der Waals surface area contributed by atoms with Gasteiger partial charge in [-0.05, 0) is 42.4 Å². The Morgan fingerprint density at radius 3 is 2.44 bits per heavy atom. The van der Waals surface area contributed by atoms with Crippen LogP contribution in [0.15, 0.2) is 18.2 Å². The van der Waals surface area contributed by atoms with Crippen molar-refractivity contribution in [1.82, 2.24) is 0 Å². The number of benzene rings is 1. The fraction of sp³-hybridized carbons (Fsp3) is 0.625. The monoisotopic (exact) mass is 247 g/mol. The lowest BCUT2D eigenvalue weighted by Gasteiger charge is -2.29. The third-order valence-corrected chi connectivity index (χ3v) is 4.69. The van der Waals surface area contributed by atoms with E-state index in [0.29, 0.717) is 5.75 Å². The normalized spacial score (nSPS) is 19.1. The van der Waals surface area contributed by atoms with E-state index in [9.17, 15) is 5.11 Å². The number of rotatable bonds is 3. The first kappa shape index (κ1) is 13.4. The first-order valence-electron chi connectivity index (χ1n) is 7.02. The quantitative estimate of drug-likeness (QED) is 0.853. The van der Waals surface area contributed by atoms with Crippen molar-refractivity contribution in [2.45, 2.75) is 63.8 Å². The van der Waals surface area contributed by atoms with Crippen LogP contribution in [0, 0.1) is 0 Å². The number of hydrogen-bond donors (Lipinski definition) is 2. The zero-order valence-electron chi connectivity index (χ0n) is 11.8. The van der Waals surface area contributed by atoms with Crippen molar-refractivity contribution in [2.24, 2.45) is 5.73 Å². The van der Waals surface area contributed by atoms with Crippen LogP contribution in [0.5, 0.6) is 5.75 Å². The Labute approximate surface area is 110 Å². The van der Waals surface area contributed by atoms with Gasteiger partial charge in [-0.15, -0.1) is 0 Å². The Balaban J connectivity index is 2.45. The van der Waals surface area contributed by atoms with Gasteiger partial charge in [0, 0.05) is 11.1 Å². The Bertz CT molecular complexity index is 431. The molecular weight excluding hydrogens is 222 g/mol. The Morgan fingerprint density at radius 2 is 1.89 bits per heavy atom. The summed E-state index contributed by atoms with van der Waals surface area (Å²) in [6.45, 7) is 6.67. The van der Waals surface area contributed by atoms with E-state index in [-0.39, 0.29) is 11.0 Å². The number of nitrogens with two attached hydrogens (primary N) is 1. The molecular formula is C16H25NO. The molecule has 2 nitrogen and oxygen atoms in total. The van der Waals surface area contributed by atoms with E-state index in [2.05, 4.69) is 26.8 Å². The van der Waals surface area contributed by atoms with Crippen molar-refractivity contribution in [1.29, 1.82) is 0 Å². The van der Waals surface area contributed by atoms with Gasteiger partial charge in [0.25, 0.3) is 0 Å². The van der Waals surface area contributed by atoms with Gasteiger partial charge in [0.15, 0.2) is 0 Å². The molecule has 0 bridgehead atoms. The third kappa shape index (κ3) is 2.26. The molecule has 1 aromatic carbocycles. The van der Waals surface area contributed by atoms with Crippen LogP contribution in [0.3, 0.4) is 0 Å². The Kier molecular flexibility index (Phi) is 3.41. The highest BCUT2D eigenvalue weighted by Crippen LogP contribution is 2.42. The second kappa shape index (κ2) is 4.58. The minimum absolute atomic E-state index is 0.136. The molecule has 1 aliphatic rings. The van der Waals surface area contributed by atoms with E-state index in [0.717, 1.165) is 37.7 Å². The van der Waals surface area contributed by atoms with Crippen LogP contribution in [-0.2, 0) is 11.0 Å². The SMILES string of the molecule is CCC(C)(C)c1ccc(O)c(C2(N)CCCC2)c1. The van der Waals surface area contributed by atoms with Crippen LogP contribution in [0.2, 0.25) is 0 Å². The van der Waals surface area contributed by atoms with E-state index in [1.54, 1.807) is 0 Å². The lowest BCUT2D eigenvalue weighted by molar-refractivity contribution is 0.406. The largest absolute Gasteiger partial charge is 0.508 e. The van der Waals surface area contributed by atoms with Gasteiger partial charge in [-0.3, -0.25) is 0 Å². The molecule has 0 saturated heterocycles. The summed E-state index contributed by atoms with van der Waals surface area (Å²) in [5.41, 5.74) is 8.51. The van der Waals surface area contributed by atoms with Gasteiger partial charge in [-0.2, -0.15) is 0 Å². The van der Waals surface area contributed by atoms with Crippen LogP contribution < -0.4 is 5.73 Å². The van der Waals surface area contributed by atoms with Crippen LogP contribution in [-0.4, -0.2) is 5.11 Å². The van der Waals surface area contributed by atoms with Crippen LogP contribution in [0.4, 0.5) is 0 Å². The second-order valence-corrected chi connectivity index (χ2v) is 6.33. The molecule has 1 fully saturated rings. The maximum Gasteiger partial charge on any atom is 0.120 e. The summed E-state index contributed by atoms with van der Waals surface area (Å²) in [6, 6.07) is 5.97. The Morgan fingerprint density at radius 1 is 1.28 bits per heavy atom. The molecule has 2 heteroatoms. The topological polar surface area (TPSA) is 46.2 Å². The Hall–Kier alpha value is -1.02. The van der Waals surface area contributed by atoms with E-state index in [1.807, 2.05) is 12.1 Å². The smallest absolute Gasteiger partial charge is 0.120 e. The van der Waals surface area contributed by atoms with Crippen LogP contribution in [0.25, 0.3) is 0 Å². The number of phenols is 1. The third-order valence-electron chi connectivity index (χ3n) is 4.69. The highest BCUT2D eigenvalue weighted by Gasteiger charge is 2.34. The van der Waals surface area contributed by atoms with E-state index in [1.165, 1.54) is 5.56 Å². The van der Waals surface area contributed by atoms with Crippen LogP contribution in [0.1, 0.15) is 64.0 Å². The molecule has 0 atom stereocenters. The van der Waals surface area contributed by atoms with Crippen molar-refractivity contribution in [3.63, 3.8) is 0 Å². The molecule has 0 unspecified atom stereocenters. The minimum Gasteiger partial charge on any atom is -0.508 e. The second-order valence-electron chi connectivity index (χ2n) is 6.33. The summed E-state index contributed by atoms with van der Waals surface area (Å²) in [4.78, 5) is 0. The number of hydrogen-bond acceptors (Lipinski definition) is 2. The standard InChI is InChI=1S/C16H25NO/c1-4-15(2,3)12-7-8-14(18)13(11-12)16(17)9-5-6-10-16/h7-8,11,18H,4-6,9-10,17H2,1-3H3. The maximum atomic E-state index is 10.1. The molecule has 1 aliphatic carbocycles. The van der Waals surface area contributed by atoms with Gasteiger partial charge in [0.05, 0.1) is 0 Å². The summed E-state index contributed by atoms with van der Waals surface area (Å²) in [5, 5.41) is 10.1. The maximum absolute atomic E-state index is 10.1. The van der Waals surface area contributed by atoms with Crippen molar-refractivity contribution in [2.75, 3.05) is 0 Å². The lowest BCUT2D eigenvalue weighted by Crippen LogP contribution is -2.33. The molecule has 3 N–H and O–H groups in total. The van der Waals surface area contributed by atoms with Crippen molar-refractivity contribution >= 4 is 0 Å². The lowest BCUT2D eigenvalue weighted by atomic mass is 9.79. The first-order chi connectivity index (χ1) is 8.39. The zero-order valence-corrected chi connectivity index (χ0v) is 11.8. The van der Waals surface area contributed by atoms with Crippen molar-refractivity contribution < 1.29 is 5.11 Å². The molecule has 1 aromatic rings. The van der Waals surface area contributed by atoms with Crippen molar-refractivity contribution in [3.8, 4) is 5.75 Å². The van der Waals surface area contributed by atoms with Gasteiger partial charge in [-0.25, -0.2) is 0 Å². The minimum atomic E-state index is -0.316. The van der Waals surface area contributed by atoms with Gasteiger partial charge in [0.1, 0.15) is 5.75 Å². The molecule has 1 saturated carbocycles. The van der Waals surface area contributed by atoms with Gasteiger partial charge in [0.2, 0.25) is 0 Å². The van der Waals surface area contributed by atoms with Crippen LogP contribution >= 0.6 is 0 Å². The molecule has 0 spiro atoms. The van der Waals surface area contributed by atoms with Gasteiger partial charge < -0.3 is 10.8 Å². The fourth-order valence-electron chi connectivity index (χ4n) is 2.84. The van der Waals surface area contributed by atoms with E-state index >= 15 is 0 Å². The average Bonchev–Trinajstić information content (AvgIpc) is 2.77. The molecule has 0 aliphatic heterocycles. The summed E-state index contributed by atoms with van der Waals surface area (Å²) in [7, 11) is 0. The molecule has 2 rings (SSSR count). The summed E-state index contributed by atoms with van der Waals surface area (Å²) >= 11 is 0. The summed E-state index contributed by atoms with van der Waals surface area (Å²) in [5.74, 6) is 0.357. The molecule has 0 heterocycles. The summed E-state index contributed by atoms with van der Waals surface area (Å²) < 4.78 is 0. The number of aromatic hydroxyl groups is 1. The van der Waals surface area contributed by atoms with Gasteiger partial charge >= 0.3 is 0 Å². The van der Waals surface area contributed by atoms with E-state index in [4.69, 9.17) is 5.73 Å². The fourth-order valence-corrected chi connectivity index (χ4v) is 2.84. The highest BCUT2D eigenvalue weighted by atomic mass is 16.3. The molecule has 18 heavy (non-hydrogen) atoms.